The Bertz CT molecular complexity index is 1310. The van der Waals surface area contributed by atoms with Gasteiger partial charge in [0.05, 0.1) is 24.5 Å². The number of hydrogen-bond acceptors (Lipinski definition) is 5. The molecule has 6 heteroatoms. The Kier molecular flexibility index (Phi) is 5.18. The van der Waals surface area contributed by atoms with Gasteiger partial charge in [-0.1, -0.05) is 52.0 Å². The molecule has 2 aromatic rings. The molecule has 0 aromatic heterocycles. The lowest BCUT2D eigenvalue weighted by Gasteiger charge is -2.54. The second kappa shape index (κ2) is 7.92. The first-order chi connectivity index (χ1) is 17.5. The predicted molar refractivity (Wildman–Crippen MR) is 143 cm³/mol. The number of ketones is 2. The average molecular weight is 501 g/mol. The van der Waals surface area contributed by atoms with E-state index in [0.29, 0.717) is 25.0 Å². The summed E-state index contributed by atoms with van der Waals surface area (Å²) in [7, 11) is 1.62. The van der Waals surface area contributed by atoms with E-state index in [1.807, 2.05) is 53.4 Å². The van der Waals surface area contributed by atoms with E-state index in [0.717, 1.165) is 23.4 Å². The molecule has 194 valence electrons. The molecule has 2 aliphatic heterocycles. The molecule has 37 heavy (non-hydrogen) atoms. The van der Waals surface area contributed by atoms with Crippen molar-refractivity contribution in [1.82, 2.24) is 0 Å². The van der Waals surface area contributed by atoms with Crippen LogP contribution in [0.2, 0.25) is 0 Å². The fraction of sp³-hybridized carbons (Fsp3) is 0.516. The highest BCUT2D eigenvalue weighted by Gasteiger charge is 2.71. The number of carbonyl (C=O) groups is 3. The van der Waals surface area contributed by atoms with Crippen molar-refractivity contribution < 1.29 is 19.1 Å². The standard InChI is InChI=1S/C31H36N2O4/c1-29(2)14-21-27(25(35)17-29)32-22-12-7-6-11-20(22)31(21)26-23(15-30(3,4)16-24(26)34)33(28(31)36)18-9-8-10-19(13-18)37-5/h6-13,21,23,26-27,32H,14-17H2,1-5H3. The van der Waals surface area contributed by atoms with Gasteiger partial charge in [0.2, 0.25) is 5.91 Å². The maximum atomic E-state index is 15.1. The number of carbonyl (C=O) groups excluding carboxylic acids is 3. The zero-order chi connectivity index (χ0) is 26.3. The van der Waals surface area contributed by atoms with Gasteiger partial charge in [0.1, 0.15) is 11.5 Å². The summed E-state index contributed by atoms with van der Waals surface area (Å²) in [4.78, 5) is 44.8. The minimum atomic E-state index is -1.10. The van der Waals surface area contributed by atoms with Crippen LogP contribution in [0.4, 0.5) is 11.4 Å². The van der Waals surface area contributed by atoms with Gasteiger partial charge in [0.25, 0.3) is 0 Å². The number of anilines is 2. The Morgan fingerprint density at radius 3 is 2.35 bits per heavy atom. The highest BCUT2D eigenvalue weighted by atomic mass is 16.5. The highest BCUT2D eigenvalue weighted by Crippen LogP contribution is 2.62. The maximum absolute atomic E-state index is 15.1. The average Bonchev–Trinajstić information content (AvgIpc) is 3.07. The molecule has 1 spiro atoms. The van der Waals surface area contributed by atoms with Gasteiger partial charge in [-0.25, -0.2) is 0 Å². The summed E-state index contributed by atoms with van der Waals surface area (Å²) in [6.07, 6.45) is 2.31. The first-order valence-electron chi connectivity index (χ1n) is 13.4. The van der Waals surface area contributed by atoms with E-state index in [1.54, 1.807) is 7.11 Å². The van der Waals surface area contributed by atoms with E-state index >= 15 is 4.79 Å². The van der Waals surface area contributed by atoms with E-state index in [9.17, 15) is 9.59 Å². The van der Waals surface area contributed by atoms with Crippen molar-refractivity contribution in [3.63, 3.8) is 0 Å². The van der Waals surface area contributed by atoms with E-state index < -0.39 is 17.4 Å². The van der Waals surface area contributed by atoms with E-state index in [4.69, 9.17) is 4.74 Å². The Morgan fingerprint density at radius 2 is 1.59 bits per heavy atom. The zero-order valence-electron chi connectivity index (χ0n) is 22.3. The zero-order valence-corrected chi connectivity index (χ0v) is 22.3. The van der Waals surface area contributed by atoms with Crippen LogP contribution in [0.3, 0.4) is 0 Å². The van der Waals surface area contributed by atoms with Crippen LogP contribution >= 0.6 is 0 Å². The van der Waals surface area contributed by atoms with Crippen molar-refractivity contribution >= 4 is 28.8 Å². The SMILES string of the molecule is COc1cccc(N2C(=O)C3(c4ccccc4NC4C(=O)CC(C)(C)CC43)C3C(=O)CC(C)(C)CC32)c1. The number of amides is 1. The summed E-state index contributed by atoms with van der Waals surface area (Å²) >= 11 is 0. The molecular weight excluding hydrogens is 464 g/mol. The van der Waals surface area contributed by atoms with Crippen molar-refractivity contribution in [2.24, 2.45) is 22.7 Å². The fourth-order valence-electron chi connectivity index (χ4n) is 8.11. The molecule has 2 saturated carbocycles. The number of para-hydroxylation sites is 1. The van der Waals surface area contributed by atoms with Crippen LogP contribution in [0.1, 0.15) is 58.9 Å². The normalized spacial score (nSPS) is 33.4. The molecule has 6 rings (SSSR count). The molecule has 5 atom stereocenters. The smallest absolute Gasteiger partial charge is 0.239 e. The van der Waals surface area contributed by atoms with Crippen molar-refractivity contribution in [3.05, 3.63) is 54.1 Å². The molecule has 4 aliphatic rings. The third kappa shape index (κ3) is 3.40. The van der Waals surface area contributed by atoms with Gasteiger partial charge in [-0.15, -0.1) is 0 Å². The summed E-state index contributed by atoms with van der Waals surface area (Å²) in [5.41, 5.74) is 0.829. The van der Waals surface area contributed by atoms with Crippen LogP contribution in [-0.4, -0.2) is 36.7 Å². The summed E-state index contributed by atoms with van der Waals surface area (Å²) in [6.45, 7) is 8.45. The minimum absolute atomic E-state index is 0.0590. The third-order valence-corrected chi connectivity index (χ3v) is 9.32. The molecule has 2 aliphatic carbocycles. The van der Waals surface area contributed by atoms with Crippen molar-refractivity contribution in [2.45, 2.75) is 70.9 Å². The van der Waals surface area contributed by atoms with Crippen LogP contribution in [0.15, 0.2) is 48.5 Å². The van der Waals surface area contributed by atoms with Gasteiger partial charge in [0, 0.05) is 42.2 Å². The molecule has 5 unspecified atom stereocenters. The van der Waals surface area contributed by atoms with E-state index in [1.165, 1.54) is 0 Å². The summed E-state index contributed by atoms with van der Waals surface area (Å²) in [5, 5.41) is 3.51. The largest absolute Gasteiger partial charge is 0.497 e. The van der Waals surface area contributed by atoms with Crippen LogP contribution in [0, 0.1) is 22.7 Å². The van der Waals surface area contributed by atoms with Gasteiger partial charge in [0.15, 0.2) is 5.78 Å². The summed E-state index contributed by atoms with van der Waals surface area (Å²) in [6, 6.07) is 14.6. The van der Waals surface area contributed by atoms with Crippen molar-refractivity contribution in [2.75, 3.05) is 17.3 Å². The molecule has 3 fully saturated rings. The first-order valence-corrected chi connectivity index (χ1v) is 13.4. The van der Waals surface area contributed by atoms with Crippen LogP contribution in [-0.2, 0) is 19.8 Å². The second-order valence-corrected chi connectivity index (χ2v) is 13.1. The number of Topliss-reactive ketones (excluding diaryl/α,β-unsaturated/α-hetero) is 2. The summed E-state index contributed by atoms with van der Waals surface area (Å²) < 4.78 is 5.51. The van der Waals surface area contributed by atoms with Gasteiger partial charge in [-0.3, -0.25) is 14.4 Å². The van der Waals surface area contributed by atoms with Crippen molar-refractivity contribution in [3.8, 4) is 5.75 Å². The number of nitrogens with one attached hydrogen (secondary N) is 1. The van der Waals surface area contributed by atoms with Gasteiger partial charge >= 0.3 is 0 Å². The topological polar surface area (TPSA) is 75.7 Å². The highest BCUT2D eigenvalue weighted by molar-refractivity contribution is 6.12. The van der Waals surface area contributed by atoms with E-state index in [2.05, 4.69) is 33.0 Å². The van der Waals surface area contributed by atoms with Gasteiger partial charge in [-0.2, -0.15) is 0 Å². The Labute approximate surface area is 218 Å². The number of nitrogens with zero attached hydrogens (tertiary/aromatic N) is 1. The monoisotopic (exact) mass is 500 g/mol. The lowest BCUT2D eigenvalue weighted by Crippen LogP contribution is -2.63. The molecular formula is C31H36N2O4. The quantitative estimate of drug-likeness (QED) is 0.617. The Hall–Kier alpha value is -3.15. The second-order valence-electron chi connectivity index (χ2n) is 13.1. The lowest BCUT2D eigenvalue weighted by atomic mass is 9.49. The minimum Gasteiger partial charge on any atom is -0.497 e. The molecule has 1 N–H and O–H groups in total. The number of fused-ring (bicyclic) bond motifs is 6. The van der Waals surface area contributed by atoms with Gasteiger partial charge in [-0.05, 0) is 47.4 Å². The van der Waals surface area contributed by atoms with Crippen LogP contribution < -0.4 is 15.0 Å². The predicted octanol–water partition coefficient (Wildman–Crippen LogP) is 5.15. The van der Waals surface area contributed by atoms with Crippen molar-refractivity contribution in [1.29, 1.82) is 0 Å². The number of ether oxygens (including phenoxy) is 1. The van der Waals surface area contributed by atoms with Crippen LogP contribution in [0.25, 0.3) is 0 Å². The Morgan fingerprint density at radius 1 is 0.892 bits per heavy atom. The molecule has 0 radical (unpaired) electrons. The molecule has 2 heterocycles. The maximum Gasteiger partial charge on any atom is 0.239 e. The number of rotatable bonds is 2. The number of hydrogen-bond donors (Lipinski definition) is 1. The fourth-order valence-corrected chi connectivity index (χ4v) is 8.11. The first kappa shape index (κ1) is 24.2. The van der Waals surface area contributed by atoms with E-state index in [-0.39, 0.29) is 40.3 Å². The van der Waals surface area contributed by atoms with Gasteiger partial charge < -0.3 is 15.0 Å². The third-order valence-electron chi connectivity index (χ3n) is 9.32. The van der Waals surface area contributed by atoms with Crippen LogP contribution in [0.5, 0.6) is 5.75 Å². The molecule has 0 bridgehead atoms. The number of benzene rings is 2. The molecule has 2 aromatic carbocycles. The number of methoxy groups -OCH3 is 1. The summed E-state index contributed by atoms with van der Waals surface area (Å²) in [5.74, 6) is 0.0447. The lowest BCUT2D eigenvalue weighted by molar-refractivity contribution is -0.140. The molecule has 1 saturated heterocycles. The molecule has 1 amide bonds. The molecule has 6 nitrogen and oxygen atoms in total. The Balaban J connectivity index is 1.64.